The van der Waals surface area contributed by atoms with E-state index < -0.39 is 0 Å². The van der Waals surface area contributed by atoms with Gasteiger partial charge < -0.3 is 4.74 Å². The molecule has 0 saturated carbocycles. The molecule has 5 heteroatoms. The Balaban J connectivity index is 2.33. The Morgan fingerprint density at radius 1 is 1.14 bits per heavy atom. The number of halogens is 2. The van der Waals surface area contributed by atoms with Crippen molar-refractivity contribution in [3.05, 3.63) is 62.0 Å². The van der Waals surface area contributed by atoms with Crippen LogP contribution in [0.15, 0.2) is 45.3 Å². The summed E-state index contributed by atoms with van der Waals surface area (Å²) in [4.78, 5) is 0. The Labute approximate surface area is 142 Å². The highest BCUT2D eigenvalue weighted by Crippen LogP contribution is 2.29. The van der Waals surface area contributed by atoms with Crippen LogP contribution in [0.2, 0.25) is 0 Å². The molecular weight excluding hydrogens is 396 g/mol. The van der Waals surface area contributed by atoms with Gasteiger partial charge in [0, 0.05) is 8.95 Å². The maximum Gasteiger partial charge on any atom is 0.122 e. The summed E-state index contributed by atoms with van der Waals surface area (Å²) in [5.74, 6) is 6.64. The number of ether oxygens (including phenoxy) is 1. The molecular formula is C16H18Br2N2O. The molecule has 0 bridgehead atoms. The first kappa shape index (κ1) is 16.5. The summed E-state index contributed by atoms with van der Waals surface area (Å²) in [6.07, 6.45) is 0.752. The number of hydrogen-bond donors (Lipinski definition) is 2. The third kappa shape index (κ3) is 4.07. The van der Waals surface area contributed by atoms with Crippen molar-refractivity contribution in [2.45, 2.75) is 19.4 Å². The zero-order chi connectivity index (χ0) is 15.4. The molecule has 0 aromatic heterocycles. The zero-order valence-corrected chi connectivity index (χ0v) is 15.2. The standard InChI is InChI=1S/C16H18Br2N2O/c1-10-7-12(17)3-5-14(10)15(20-19)9-11-8-13(18)4-6-16(11)21-2/h3-8,15,20H,9,19H2,1-2H3. The van der Waals surface area contributed by atoms with Crippen LogP contribution in [-0.2, 0) is 6.42 Å². The van der Waals surface area contributed by atoms with Crippen molar-refractivity contribution in [2.24, 2.45) is 5.84 Å². The van der Waals surface area contributed by atoms with E-state index in [0.717, 1.165) is 26.7 Å². The molecule has 0 fully saturated rings. The Bertz CT molecular complexity index is 632. The van der Waals surface area contributed by atoms with Crippen molar-refractivity contribution in [2.75, 3.05) is 7.11 Å². The van der Waals surface area contributed by atoms with Gasteiger partial charge in [-0.25, -0.2) is 0 Å². The molecule has 0 aliphatic heterocycles. The first-order valence-corrected chi connectivity index (χ1v) is 8.18. The average molecular weight is 414 g/mol. The number of nitrogens with two attached hydrogens (primary N) is 1. The van der Waals surface area contributed by atoms with Crippen LogP contribution in [0.1, 0.15) is 22.7 Å². The van der Waals surface area contributed by atoms with Crippen molar-refractivity contribution in [3.8, 4) is 5.75 Å². The lowest BCUT2D eigenvalue weighted by molar-refractivity contribution is 0.405. The van der Waals surface area contributed by atoms with Crippen molar-refractivity contribution in [1.82, 2.24) is 5.43 Å². The molecule has 2 aromatic carbocycles. The molecule has 112 valence electrons. The fourth-order valence-corrected chi connectivity index (χ4v) is 3.30. The Hall–Kier alpha value is -0.880. The summed E-state index contributed by atoms with van der Waals surface area (Å²) in [5.41, 5.74) is 6.40. The normalized spacial score (nSPS) is 12.2. The molecule has 0 amide bonds. The molecule has 0 radical (unpaired) electrons. The van der Waals surface area contributed by atoms with E-state index in [1.165, 1.54) is 11.1 Å². The van der Waals surface area contributed by atoms with E-state index in [0.29, 0.717) is 0 Å². The van der Waals surface area contributed by atoms with Gasteiger partial charge in [0.2, 0.25) is 0 Å². The number of benzene rings is 2. The van der Waals surface area contributed by atoms with Gasteiger partial charge in [-0.1, -0.05) is 37.9 Å². The van der Waals surface area contributed by atoms with Crippen LogP contribution in [0.3, 0.4) is 0 Å². The summed E-state index contributed by atoms with van der Waals surface area (Å²) < 4.78 is 7.53. The van der Waals surface area contributed by atoms with Gasteiger partial charge in [-0.3, -0.25) is 11.3 Å². The van der Waals surface area contributed by atoms with E-state index in [9.17, 15) is 0 Å². The van der Waals surface area contributed by atoms with Gasteiger partial charge in [0.05, 0.1) is 13.2 Å². The van der Waals surface area contributed by atoms with Gasteiger partial charge in [0.1, 0.15) is 5.75 Å². The molecule has 2 rings (SSSR count). The second-order valence-corrected chi connectivity index (χ2v) is 6.71. The van der Waals surface area contributed by atoms with Crippen LogP contribution in [-0.4, -0.2) is 7.11 Å². The first-order chi connectivity index (χ1) is 10.0. The third-order valence-corrected chi connectivity index (χ3v) is 4.46. The number of nitrogens with one attached hydrogen (secondary N) is 1. The van der Waals surface area contributed by atoms with Crippen LogP contribution in [0, 0.1) is 6.92 Å². The summed E-state index contributed by atoms with van der Waals surface area (Å²) in [6.45, 7) is 2.09. The second kappa shape index (κ2) is 7.40. The van der Waals surface area contributed by atoms with E-state index >= 15 is 0 Å². The van der Waals surface area contributed by atoms with Crippen LogP contribution in [0.25, 0.3) is 0 Å². The number of hydrogen-bond acceptors (Lipinski definition) is 3. The smallest absolute Gasteiger partial charge is 0.122 e. The quantitative estimate of drug-likeness (QED) is 0.568. The van der Waals surface area contributed by atoms with Crippen molar-refractivity contribution < 1.29 is 4.74 Å². The van der Waals surface area contributed by atoms with Crippen LogP contribution < -0.4 is 16.0 Å². The average Bonchev–Trinajstić information content (AvgIpc) is 2.45. The molecule has 21 heavy (non-hydrogen) atoms. The fourth-order valence-electron chi connectivity index (χ4n) is 2.42. The molecule has 3 N–H and O–H groups in total. The third-order valence-electron chi connectivity index (χ3n) is 3.47. The molecule has 0 saturated heterocycles. The number of methoxy groups -OCH3 is 1. The van der Waals surface area contributed by atoms with Gasteiger partial charge in [0.25, 0.3) is 0 Å². The Kier molecular flexibility index (Phi) is 5.81. The van der Waals surface area contributed by atoms with Gasteiger partial charge in [-0.15, -0.1) is 0 Å². The second-order valence-electron chi connectivity index (χ2n) is 4.88. The largest absolute Gasteiger partial charge is 0.496 e. The summed E-state index contributed by atoms with van der Waals surface area (Å²) in [7, 11) is 1.68. The van der Waals surface area contributed by atoms with Gasteiger partial charge >= 0.3 is 0 Å². The van der Waals surface area contributed by atoms with Crippen molar-refractivity contribution in [3.63, 3.8) is 0 Å². The molecule has 3 nitrogen and oxygen atoms in total. The summed E-state index contributed by atoms with van der Waals surface area (Å²) in [6, 6.07) is 12.2. The minimum atomic E-state index is 0.0290. The zero-order valence-electron chi connectivity index (χ0n) is 12.0. The van der Waals surface area contributed by atoms with E-state index in [1.807, 2.05) is 18.2 Å². The number of rotatable bonds is 5. The molecule has 0 aliphatic carbocycles. The lowest BCUT2D eigenvalue weighted by atomic mass is 9.95. The van der Waals surface area contributed by atoms with Gasteiger partial charge in [-0.05, 0) is 60.4 Å². The van der Waals surface area contributed by atoms with E-state index in [4.69, 9.17) is 10.6 Å². The maximum absolute atomic E-state index is 5.77. The van der Waals surface area contributed by atoms with E-state index in [2.05, 4.69) is 62.4 Å². The summed E-state index contributed by atoms with van der Waals surface area (Å²) in [5, 5.41) is 0. The molecule has 0 heterocycles. The number of hydrazine groups is 1. The minimum absolute atomic E-state index is 0.0290. The molecule has 2 aromatic rings. The SMILES string of the molecule is COc1ccc(Br)cc1CC(NN)c1ccc(Br)cc1C. The molecule has 1 unspecified atom stereocenters. The minimum Gasteiger partial charge on any atom is -0.496 e. The number of aryl methyl sites for hydroxylation is 1. The highest BCUT2D eigenvalue weighted by atomic mass is 79.9. The predicted octanol–water partition coefficient (Wildman–Crippen LogP) is 4.28. The van der Waals surface area contributed by atoms with E-state index in [-0.39, 0.29) is 6.04 Å². The topological polar surface area (TPSA) is 47.3 Å². The highest BCUT2D eigenvalue weighted by molar-refractivity contribution is 9.10. The first-order valence-electron chi connectivity index (χ1n) is 6.59. The molecule has 1 atom stereocenters. The van der Waals surface area contributed by atoms with Crippen LogP contribution >= 0.6 is 31.9 Å². The summed E-state index contributed by atoms with van der Waals surface area (Å²) >= 11 is 6.99. The van der Waals surface area contributed by atoms with Crippen LogP contribution in [0.5, 0.6) is 5.75 Å². The van der Waals surface area contributed by atoms with Crippen molar-refractivity contribution in [1.29, 1.82) is 0 Å². The lowest BCUT2D eigenvalue weighted by Gasteiger charge is -2.20. The van der Waals surface area contributed by atoms with Crippen LogP contribution in [0.4, 0.5) is 0 Å². The predicted molar refractivity (Wildman–Crippen MR) is 93.3 cm³/mol. The Morgan fingerprint density at radius 3 is 2.43 bits per heavy atom. The van der Waals surface area contributed by atoms with Gasteiger partial charge in [-0.2, -0.15) is 0 Å². The van der Waals surface area contributed by atoms with Crippen molar-refractivity contribution >= 4 is 31.9 Å². The molecule has 0 aliphatic rings. The fraction of sp³-hybridized carbons (Fsp3) is 0.250. The molecule has 0 spiro atoms. The van der Waals surface area contributed by atoms with E-state index in [1.54, 1.807) is 7.11 Å². The maximum atomic E-state index is 5.77. The Morgan fingerprint density at radius 2 is 1.81 bits per heavy atom. The van der Waals surface area contributed by atoms with Gasteiger partial charge in [0.15, 0.2) is 0 Å². The lowest BCUT2D eigenvalue weighted by Crippen LogP contribution is -2.30. The highest BCUT2D eigenvalue weighted by Gasteiger charge is 2.16. The monoisotopic (exact) mass is 412 g/mol.